The number of esters is 3. The molecule has 1 amide bonds. The second-order valence-electron chi connectivity index (χ2n) is 6.32. The molecule has 1 aromatic heterocycles. The molecule has 2 aromatic rings. The highest BCUT2D eigenvalue weighted by Crippen LogP contribution is 2.34. The largest absolute Gasteiger partial charge is 0.493 e. The monoisotopic (exact) mass is 449 g/mol. The van der Waals surface area contributed by atoms with Gasteiger partial charge in [0.05, 0.1) is 32.8 Å². The van der Waals surface area contributed by atoms with Crippen molar-refractivity contribution in [2.24, 2.45) is 0 Å². The maximum absolute atomic E-state index is 12.2. The number of anilines is 1. The summed E-state index contributed by atoms with van der Waals surface area (Å²) < 4.78 is 19.9. The lowest BCUT2D eigenvalue weighted by atomic mass is 10.1. The molecule has 10 heteroatoms. The number of benzene rings is 1. The molecule has 1 N–H and O–H groups in total. The molecule has 9 nitrogen and oxygen atoms in total. The van der Waals surface area contributed by atoms with Crippen LogP contribution in [0.5, 0.6) is 5.75 Å². The highest BCUT2D eigenvalue weighted by molar-refractivity contribution is 7.18. The third-order valence-corrected chi connectivity index (χ3v) is 5.37. The average molecular weight is 449 g/mol. The lowest BCUT2D eigenvalue weighted by molar-refractivity contribution is -0.147. The predicted molar refractivity (Wildman–Crippen MR) is 113 cm³/mol. The predicted octanol–water partition coefficient (Wildman–Crippen LogP) is 2.89. The number of thiophene rings is 1. The quantitative estimate of drug-likeness (QED) is 0.459. The first-order valence-electron chi connectivity index (χ1n) is 9.22. The summed E-state index contributed by atoms with van der Waals surface area (Å²) in [5.74, 6) is -1.99. The molecule has 0 aliphatic rings. The summed E-state index contributed by atoms with van der Waals surface area (Å²) in [5, 5.41) is 2.58. The number of ether oxygens (including phenoxy) is 4. The van der Waals surface area contributed by atoms with Gasteiger partial charge in [-0.3, -0.25) is 9.59 Å². The van der Waals surface area contributed by atoms with Crippen LogP contribution in [0.1, 0.15) is 37.6 Å². The molecule has 166 valence electrons. The zero-order chi connectivity index (χ0) is 23.0. The van der Waals surface area contributed by atoms with E-state index < -0.39 is 30.4 Å². The highest BCUT2D eigenvalue weighted by Gasteiger charge is 2.26. The van der Waals surface area contributed by atoms with E-state index >= 15 is 0 Å². The topological polar surface area (TPSA) is 117 Å². The summed E-state index contributed by atoms with van der Waals surface area (Å²) in [5.41, 5.74) is 1.30. The van der Waals surface area contributed by atoms with Crippen LogP contribution in [-0.4, -0.2) is 51.2 Å². The van der Waals surface area contributed by atoms with Crippen molar-refractivity contribution < 1.29 is 38.1 Å². The molecule has 0 fully saturated rings. The standard InChI is InChI=1S/C21H23NO8S/c1-12-7-5-6-8-14(12)29-10-9-16(24)30-11-15(23)22-19-17(20(25)27-3)13(2)18(31-19)21(26)28-4/h5-8H,9-11H2,1-4H3,(H,22,23). The fourth-order valence-electron chi connectivity index (χ4n) is 2.58. The maximum Gasteiger partial charge on any atom is 0.348 e. The van der Waals surface area contributed by atoms with Gasteiger partial charge in [0.25, 0.3) is 5.91 Å². The Labute approximate surface area is 183 Å². The van der Waals surface area contributed by atoms with Crippen molar-refractivity contribution in [2.75, 3.05) is 32.8 Å². The van der Waals surface area contributed by atoms with E-state index in [1.807, 2.05) is 25.1 Å². The SMILES string of the molecule is COC(=O)c1sc(NC(=O)COC(=O)CCOc2ccccc2C)c(C(=O)OC)c1C. The van der Waals surface area contributed by atoms with E-state index in [1.54, 1.807) is 13.0 Å². The average Bonchev–Trinajstić information content (AvgIpc) is 3.08. The number of amides is 1. The van der Waals surface area contributed by atoms with Gasteiger partial charge in [-0.2, -0.15) is 0 Å². The van der Waals surface area contributed by atoms with Crippen LogP contribution >= 0.6 is 11.3 Å². The van der Waals surface area contributed by atoms with E-state index in [-0.39, 0.29) is 28.5 Å². The third kappa shape index (κ3) is 6.29. The molecule has 0 bridgehead atoms. The smallest absolute Gasteiger partial charge is 0.348 e. The van der Waals surface area contributed by atoms with Crippen LogP contribution in [0.2, 0.25) is 0 Å². The van der Waals surface area contributed by atoms with E-state index in [0.29, 0.717) is 11.3 Å². The molecular weight excluding hydrogens is 426 g/mol. The minimum atomic E-state index is -0.718. The van der Waals surface area contributed by atoms with Crippen LogP contribution in [0.3, 0.4) is 0 Å². The lowest BCUT2D eigenvalue weighted by Gasteiger charge is -2.09. The van der Waals surface area contributed by atoms with Crippen molar-refractivity contribution in [3.63, 3.8) is 0 Å². The second-order valence-corrected chi connectivity index (χ2v) is 7.34. The normalized spacial score (nSPS) is 10.2. The number of rotatable bonds is 9. The first-order chi connectivity index (χ1) is 14.8. The molecule has 1 heterocycles. The van der Waals surface area contributed by atoms with Gasteiger partial charge in [0.15, 0.2) is 6.61 Å². The summed E-state index contributed by atoms with van der Waals surface area (Å²) >= 11 is 0.870. The minimum absolute atomic E-state index is 0.0409. The number of para-hydroxylation sites is 1. The van der Waals surface area contributed by atoms with Crippen LogP contribution in [0, 0.1) is 13.8 Å². The third-order valence-electron chi connectivity index (χ3n) is 4.18. The first-order valence-corrected chi connectivity index (χ1v) is 10.0. The van der Waals surface area contributed by atoms with Crippen LogP contribution in [0.15, 0.2) is 24.3 Å². The maximum atomic E-state index is 12.2. The van der Waals surface area contributed by atoms with Gasteiger partial charge in [0.1, 0.15) is 15.6 Å². The number of hydrogen-bond acceptors (Lipinski definition) is 9. The molecule has 0 aliphatic heterocycles. The van der Waals surface area contributed by atoms with Crippen LogP contribution in [0.4, 0.5) is 5.00 Å². The Kier molecular flexibility index (Phi) is 8.56. The van der Waals surface area contributed by atoms with Crippen molar-refractivity contribution in [2.45, 2.75) is 20.3 Å². The lowest BCUT2D eigenvalue weighted by Crippen LogP contribution is -2.22. The Bertz CT molecular complexity index is 982. The van der Waals surface area contributed by atoms with Gasteiger partial charge in [-0.25, -0.2) is 9.59 Å². The van der Waals surface area contributed by atoms with Crippen molar-refractivity contribution in [1.29, 1.82) is 0 Å². The molecule has 0 unspecified atom stereocenters. The van der Waals surface area contributed by atoms with Gasteiger partial charge in [0, 0.05) is 0 Å². The molecule has 0 atom stereocenters. The molecular formula is C21H23NO8S. The molecule has 0 saturated carbocycles. The number of carbonyl (C=O) groups is 4. The second kappa shape index (κ2) is 11.1. The van der Waals surface area contributed by atoms with E-state index in [2.05, 4.69) is 10.1 Å². The first kappa shape index (κ1) is 23.9. The van der Waals surface area contributed by atoms with Crippen molar-refractivity contribution >= 4 is 40.2 Å². The highest BCUT2D eigenvalue weighted by atomic mass is 32.1. The summed E-state index contributed by atoms with van der Waals surface area (Å²) in [6, 6.07) is 7.38. The fourth-order valence-corrected chi connectivity index (χ4v) is 3.71. The van der Waals surface area contributed by atoms with E-state index in [4.69, 9.17) is 14.2 Å². The van der Waals surface area contributed by atoms with Gasteiger partial charge >= 0.3 is 17.9 Å². The number of hydrogen-bond donors (Lipinski definition) is 1. The summed E-state index contributed by atoms with van der Waals surface area (Å²) in [4.78, 5) is 48.2. The number of nitrogens with one attached hydrogen (secondary N) is 1. The van der Waals surface area contributed by atoms with Crippen LogP contribution < -0.4 is 10.1 Å². The molecule has 2 rings (SSSR count). The molecule has 1 aromatic carbocycles. The van der Waals surface area contributed by atoms with Gasteiger partial charge in [-0.05, 0) is 31.0 Å². The Morgan fingerprint density at radius 1 is 1.00 bits per heavy atom. The molecule has 0 spiro atoms. The number of aryl methyl sites for hydroxylation is 1. The van der Waals surface area contributed by atoms with Gasteiger partial charge < -0.3 is 24.3 Å². The van der Waals surface area contributed by atoms with Gasteiger partial charge in [-0.1, -0.05) is 18.2 Å². The minimum Gasteiger partial charge on any atom is -0.493 e. The molecule has 31 heavy (non-hydrogen) atoms. The van der Waals surface area contributed by atoms with Crippen LogP contribution in [0.25, 0.3) is 0 Å². The number of methoxy groups -OCH3 is 2. The van der Waals surface area contributed by atoms with Crippen molar-refractivity contribution in [3.8, 4) is 5.75 Å². The summed E-state index contributed by atoms with van der Waals surface area (Å²) in [7, 11) is 2.39. The fraction of sp³-hybridized carbons (Fsp3) is 0.333. The Morgan fingerprint density at radius 3 is 2.32 bits per heavy atom. The van der Waals surface area contributed by atoms with Crippen molar-refractivity contribution in [3.05, 3.63) is 45.8 Å². The van der Waals surface area contributed by atoms with Gasteiger partial charge in [-0.15, -0.1) is 11.3 Å². The molecule has 0 aliphatic carbocycles. The van der Waals surface area contributed by atoms with Gasteiger partial charge in [0.2, 0.25) is 0 Å². The summed E-state index contributed by atoms with van der Waals surface area (Å²) in [6.45, 7) is 2.97. The Morgan fingerprint density at radius 2 is 1.68 bits per heavy atom. The molecule has 0 radical (unpaired) electrons. The van der Waals surface area contributed by atoms with Crippen molar-refractivity contribution in [1.82, 2.24) is 0 Å². The van der Waals surface area contributed by atoms with E-state index in [0.717, 1.165) is 16.9 Å². The number of carbonyl (C=O) groups excluding carboxylic acids is 4. The zero-order valence-electron chi connectivity index (χ0n) is 17.6. The summed E-state index contributed by atoms with van der Waals surface area (Å²) in [6.07, 6.45) is -0.0420. The van der Waals surface area contributed by atoms with E-state index in [1.165, 1.54) is 14.2 Å². The van der Waals surface area contributed by atoms with E-state index in [9.17, 15) is 19.2 Å². The Hall–Kier alpha value is -3.40. The van der Waals surface area contributed by atoms with Crippen LogP contribution in [-0.2, 0) is 23.8 Å². The zero-order valence-corrected chi connectivity index (χ0v) is 18.4. The molecule has 0 saturated heterocycles. The Balaban J connectivity index is 1.91.